The van der Waals surface area contributed by atoms with E-state index in [-0.39, 0.29) is 0 Å². The molecule has 17 heavy (non-hydrogen) atoms. The van der Waals surface area contributed by atoms with E-state index in [1.54, 1.807) is 12.4 Å². The Kier molecular flexibility index (Phi) is 6.32. The van der Waals surface area contributed by atoms with Gasteiger partial charge in [0.05, 0.1) is 19.0 Å². The van der Waals surface area contributed by atoms with Gasteiger partial charge in [0.25, 0.3) is 0 Å². The summed E-state index contributed by atoms with van der Waals surface area (Å²) in [7, 11) is 0. The summed E-state index contributed by atoms with van der Waals surface area (Å²) >= 11 is 0. The largest absolute Gasteiger partial charge is 0.477 e. The number of nitrogens with two attached hydrogens (primary N) is 1. The molecule has 0 amide bonds. The van der Waals surface area contributed by atoms with E-state index in [1.165, 1.54) is 0 Å². The predicted octanol–water partition coefficient (Wildman–Crippen LogP) is 1.44. The Bertz CT molecular complexity index is 313. The highest BCUT2D eigenvalue weighted by atomic mass is 16.5. The lowest BCUT2D eigenvalue weighted by molar-refractivity contribution is 0.304. The quantitative estimate of drug-likeness (QED) is 0.742. The van der Waals surface area contributed by atoms with Gasteiger partial charge in [-0.1, -0.05) is 13.8 Å². The van der Waals surface area contributed by atoms with Crippen molar-refractivity contribution in [2.24, 2.45) is 5.73 Å². The molecule has 0 aliphatic heterocycles. The standard InChI is InChI=1S/C12H22N4O/c1-3-6-16(7-5-13)11-9-14-10-12(15-11)17-8-4-2/h9-10H,3-8,13H2,1-2H3. The summed E-state index contributed by atoms with van der Waals surface area (Å²) in [6, 6.07) is 0. The molecule has 1 aromatic rings. The summed E-state index contributed by atoms with van der Waals surface area (Å²) in [6.45, 7) is 7.21. The van der Waals surface area contributed by atoms with E-state index in [0.717, 1.165) is 31.7 Å². The van der Waals surface area contributed by atoms with Gasteiger partial charge in [-0.2, -0.15) is 4.98 Å². The van der Waals surface area contributed by atoms with E-state index in [9.17, 15) is 0 Å². The number of aromatic nitrogens is 2. The number of nitrogens with zero attached hydrogens (tertiary/aromatic N) is 3. The Morgan fingerprint density at radius 3 is 2.71 bits per heavy atom. The van der Waals surface area contributed by atoms with Crippen LogP contribution < -0.4 is 15.4 Å². The maximum absolute atomic E-state index is 5.59. The molecule has 96 valence electrons. The van der Waals surface area contributed by atoms with E-state index in [1.807, 2.05) is 0 Å². The maximum atomic E-state index is 5.59. The second-order valence-electron chi connectivity index (χ2n) is 3.84. The topological polar surface area (TPSA) is 64.3 Å². The lowest BCUT2D eigenvalue weighted by Gasteiger charge is -2.22. The van der Waals surface area contributed by atoms with Crippen LogP contribution in [-0.2, 0) is 0 Å². The van der Waals surface area contributed by atoms with Crippen LogP contribution >= 0.6 is 0 Å². The van der Waals surface area contributed by atoms with Gasteiger partial charge in [0.1, 0.15) is 0 Å². The molecule has 1 aromatic heterocycles. The second kappa shape index (κ2) is 7.84. The first-order chi connectivity index (χ1) is 8.31. The van der Waals surface area contributed by atoms with Gasteiger partial charge in [-0.15, -0.1) is 0 Å². The first-order valence-electron chi connectivity index (χ1n) is 6.21. The van der Waals surface area contributed by atoms with E-state index < -0.39 is 0 Å². The van der Waals surface area contributed by atoms with Crippen LogP contribution in [0.5, 0.6) is 5.88 Å². The van der Waals surface area contributed by atoms with Crippen molar-refractivity contribution < 1.29 is 4.74 Å². The molecule has 0 aliphatic carbocycles. The van der Waals surface area contributed by atoms with Crippen LogP contribution in [0.1, 0.15) is 26.7 Å². The highest BCUT2D eigenvalue weighted by Crippen LogP contribution is 2.14. The van der Waals surface area contributed by atoms with Crippen molar-refractivity contribution in [3.63, 3.8) is 0 Å². The zero-order valence-electron chi connectivity index (χ0n) is 10.7. The average molecular weight is 238 g/mol. The first-order valence-corrected chi connectivity index (χ1v) is 6.21. The van der Waals surface area contributed by atoms with Gasteiger partial charge in [0, 0.05) is 19.6 Å². The molecule has 0 saturated carbocycles. The van der Waals surface area contributed by atoms with Crippen LogP contribution in [0.3, 0.4) is 0 Å². The van der Waals surface area contributed by atoms with Gasteiger partial charge < -0.3 is 15.4 Å². The van der Waals surface area contributed by atoms with Gasteiger partial charge in [-0.3, -0.25) is 4.98 Å². The number of ether oxygens (including phenoxy) is 1. The monoisotopic (exact) mass is 238 g/mol. The third kappa shape index (κ3) is 4.56. The molecule has 0 unspecified atom stereocenters. The van der Waals surface area contributed by atoms with Gasteiger partial charge in [-0.25, -0.2) is 0 Å². The van der Waals surface area contributed by atoms with Crippen molar-refractivity contribution in [1.29, 1.82) is 0 Å². The van der Waals surface area contributed by atoms with E-state index in [4.69, 9.17) is 10.5 Å². The summed E-state index contributed by atoms with van der Waals surface area (Å²) in [6.07, 6.45) is 5.42. The number of hydrogen-bond donors (Lipinski definition) is 1. The fourth-order valence-corrected chi connectivity index (χ4v) is 1.53. The summed E-state index contributed by atoms with van der Waals surface area (Å²) in [5.41, 5.74) is 5.59. The molecule has 0 radical (unpaired) electrons. The van der Waals surface area contributed by atoms with Crippen molar-refractivity contribution in [3.8, 4) is 5.88 Å². The van der Waals surface area contributed by atoms with Crippen LogP contribution in [0.2, 0.25) is 0 Å². The maximum Gasteiger partial charge on any atom is 0.234 e. The van der Waals surface area contributed by atoms with Crippen molar-refractivity contribution in [1.82, 2.24) is 9.97 Å². The van der Waals surface area contributed by atoms with E-state index in [2.05, 4.69) is 28.7 Å². The SMILES string of the molecule is CCCOc1cncc(N(CCC)CCN)n1. The molecule has 0 bridgehead atoms. The summed E-state index contributed by atoms with van der Waals surface area (Å²) < 4.78 is 5.47. The van der Waals surface area contributed by atoms with Gasteiger partial charge in [0.2, 0.25) is 5.88 Å². The second-order valence-corrected chi connectivity index (χ2v) is 3.84. The Balaban J connectivity index is 2.72. The van der Waals surface area contributed by atoms with Crippen molar-refractivity contribution in [2.45, 2.75) is 26.7 Å². The summed E-state index contributed by atoms with van der Waals surface area (Å²) in [5, 5.41) is 0. The molecule has 5 heteroatoms. The number of rotatable bonds is 8. The summed E-state index contributed by atoms with van der Waals surface area (Å²) in [4.78, 5) is 10.7. The zero-order chi connectivity index (χ0) is 12.5. The minimum Gasteiger partial charge on any atom is -0.477 e. The third-order valence-corrected chi connectivity index (χ3v) is 2.27. The predicted molar refractivity (Wildman–Crippen MR) is 69.4 cm³/mol. The molecule has 0 aromatic carbocycles. The van der Waals surface area contributed by atoms with Crippen LogP contribution in [-0.4, -0.2) is 36.2 Å². The van der Waals surface area contributed by atoms with Crippen molar-refractivity contribution >= 4 is 5.82 Å². The Morgan fingerprint density at radius 2 is 2.06 bits per heavy atom. The molecule has 2 N–H and O–H groups in total. The molecule has 0 fully saturated rings. The van der Waals surface area contributed by atoms with Crippen LogP contribution in [0.4, 0.5) is 5.82 Å². The highest BCUT2D eigenvalue weighted by Gasteiger charge is 2.07. The van der Waals surface area contributed by atoms with Crippen LogP contribution in [0.15, 0.2) is 12.4 Å². The Hall–Kier alpha value is -1.36. The Morgan fingerprint density at radius 1 is 1.24 bits per heavy atom. The molecule has 0 spiro atoms. The van der Waals surface area contributed by atoms with Gasteiger partial charge in [0.15, 0.2) is 5.82 Å². The highest BCUT2D eigenvalue weighted by molar-refractivity contribution is 5.37. The van der Waals surface area contributed by atoms with E-state index >= 15 is 0 Å². The molecule has 5 nitrogen and oxygen atoms in total. The van der Waals surface area contributed by atoms with Gasteiger partial charge >= 0.3 is 0 Å². The number of hydrogen-bond acceptors (Lipinski definition) is 5. The minimum absolute atomic E-state index is 0.586. The average Bonchev–Trinajstić information content (AvgIpc) is 2.36. The zero-order valence-corrected chi connectivity index (χ0v) is 10.7. The number of anilines is 1. The van der Waals surface area contributed by atoms with Crippen LogP contribution in [0.25, 0.3) is 0 Å². The van der Waals surface area contributed by atoms with Gasteiger partial charge in [-0.05, 0) is 12.8 Å². The van der Waals surface area contributed by atoms with Crippen molar-refractivity contribution in [2.75, 3.05) is 31.1 Å². The molecule has 0 saturated heterocycles. The van der Waals surface area contributed by atoms with Crippen molar-refractivity contribution in [3.05, 3.63) is 12.4 Å². The molecule has 0 aliphatic rings. The third-order valence-electron chi connectivity index (χ3n) is 2.27. The van der Waals surface area contributed by atoms with Crippen LogP contribution in [0, 0.1) is 0 Å². The smallest absolute Gasteiger partial charge is 0.234 e. The lowest BCUT2D eigenvalue weighted by atomic mass is 10.4. The molecule has 1 rings (SSSR count). The normalized spacial score (nSPS) is 10.3. The molecular formula is C12H22N4O. The molecule has 0 atom stereocenters. The van der Waals surface area contributed by atoms with E-state index in [0.29, 0.717) is 19.0 Å². The lowest BCUT2D eigenvalue weighted by Crippen LogP contribution is -2.31. The molecular weight excluding hydrogens is 216 g/mol. The minimum atomic E-state index is 0.586. The molecule has 1 heterocycles. The summed E-state index contributed by atoms with van der Waals surface area (Å²) in [5.74, 6) is 1.42. The fourth-order valence-electron chi connectivity index (χ4n) is 1.53. The Labute approximate surface area is 103 Å². The fraction of sp³-hybridized carbons (Fsp3) is 0.667. The first kappa shape index (κ1) is 13.7.